The van der Waals surface area contributed by atoms with Crippen molar-refractivity contribution in [3.63, 3.8) is 0 Å². The summed E-state index contributed by atoms with van der Waals surface area (Å²) in [6.45, 7) is 0.511. The molecule has 0 aliphatic rings. The summed E-state index contributed by atoms with van der Waals surface area (Å²) in [7, 11) is 1.82. The Balaban J connectivity index is 1.99. The highest BCUT2D eigenvalue weighted by Crippen LogP contribution is 2.05. The van der Waals surface area contributed by atoms with Gasteiger partial charge in [0.05, 0.1) is 6.54 Å². The van der Waals surface area contributed by atoms with Crippen molar-refractivity contribution in [1.82, 2.24) is 24.7 Å². The van der Waals surface area contributed by atoms with E-state index in [4.69, 9.17) is 5.73 Å². The molecule has 0 aliphatic carbocycles. The first-order valence-electron chi connectivity index (χ1n) is 4.40. The first-order chi connectivity index (χ1) is 7.24. The van der Waals surface area contributed by atoms with Crippen LogP contribution in [-0.2, 0) is 13.6 Å². The van der Waals surface area contributed by atoms with Crippen molar-refractivity contribution in [2.24, 2.45) is 7.05 Å². The Kier molecular flexibility index (Phi) is 2.44. The van der Waals surface area contributed by atoms with Crippen molar-refractivity contribution in [3.8, 4) is 0 Å². The zero-order valence-corrected chi connectivity index (χ0v) is 8.25. The lowest BCUT2D eigenvalue weighted by Crippen LogP contribution is -2.04. The number of nitrogens with zero attached hydrogens (tertiary/aromatic N) is 5. The van der Waals surface area contributed by atoms with Gasteiger partial charge in [-0.3, -0.25) is 4.68 Å². The number of nitrogen functional groups attached to an aromatic ring is 1. The Morgan fingerprint density at radius 3 is 2.93 bits per heavy atom. The van der Waals surface area contributed by atoms with Gasteiger partial charge in [-0.1, -0.05) is 0 Å². The van der Waals surface area contributed by atoms with E-state index >= 15 is 0 Å². The number of nitrogens with one attached hydrogen (secondary N) is 1. The lowest BCUT2D eigenvalue weighted by molar-refractivity contribution is 0.747. The number of aryl methyl sites for hydroxylation is 1. The summed E-state index contributed by atoms with van der Waals surface area (Å²) in [5.41, 5.74) is 5.51. The topological polar surface area (TPSA) is 94.5 Å². The third-order valence-electron chi connectivity index (χ3n) is 1.76. The van der Waals surface area contributed by atoms with Crippen LogP contribution in [0.25, 0.3) is 0 Å². The normalized spacial score (nSPS) is 10.2. The molecule has 7 heteroatoms. The maximum atomic E-state index is 5.51. The maximum absolute atomic E-state index is 5.51. The van der Waals surface area contributed by atoms with Crippen LogP contribution in [0, 0.1) is 0 Å². The van der Waals surface area contributed by atoms with Gasteiger partial charge < -0.3 is 11.1 Å². The summed E-state index contributed by atoms with van der Waals surface area (Å²) in [6, 6.07) is 1.66. The van der Waals surface area contributed by atoms with E-state index in [2.05, 4.69) is 25.4 Å². The first kappa shape index (κ1) is 9.38. The fourth-order valence-corrected chi connectivity index (χ4v) is 1.10. The van der Waals surface area contributed by atoms with Gasteiger partial charge in [-0.2, -0.15) is 5.10 Å². The second-order valence-corrected chi connectivity index (χ2v) is 3.02. The summed E-state index contributed by atoms with van der Waals surface area (Å²) in [6.07, 6.45) is 3.05. The fourth-order valence-electron chi connectivity index (χ4n) is 1.10. The molecule has 2 aromatic rings. The molecule has 0 atom stereocenters. The Morgan fingerprint density at radius 2 is 2.27 bits per heavy atom. The van der Waals surface area contributed by atoms with Crippen LogP contribution in [0.15, 0.2) is 18.7 Å². The van der Waals surface area contributed by atoms with E-state index in [9.17, 15) is 0 Å². The van der Waals surface area contributed by atoms with E-state index in [-0.39, 0.29) is 0 Å². The standard InChI is InChI=1S/C8H11N7/c1-15-5-13-8(14-15)3-10-7-2-6(9)11-4-12-7/h2,4-5H,3H2,1H3,(H3,9,10,11,12). The van der Waals surface area contributed by atoms with Crippen LogP contribution in [0.4, 0.5) is 11.6 Å². The van der Waals surface area contributed by atoms with Crippen LogP contribution in [0.1, 0.15) is 5.82 Å². The third kappa shape index (κ3) is 2.39. The van der Waals surface area contributed by atoms with Crippen molar-refractivity contribution in [1.29, 1.82) is 0 Å². The minimum absolute atomic E-state index is 0.432. The first-order valence-corrected chi connectivity index (χ1v) is 4.40. The molecule has 0 aromatic carbocycles. The van der Waals surface area contributed by atoms with E-state index in [0.29, 0.717) is 24.0 Å². The number of hydrogen-bond donors (Lipinski definition) is 2. The smallest absolute Gasteiger partial charge is 0.169 e. The molecule has 0 amide bonds. The molecule has 2 rings (SSSR count). The second-order valence-electron chi connectivity index (χ2n) is 3.02. The van der Waals surface area contributed by atoms with E-state index < -0.39 is 0 Å². The van der Waals surface area contributed by atoms with Gasteiger partial charge in [-0.25, -0.2) is 15.0 Å². The number of nitrogens with two attached hydrogens (primary N) is 1. The van der Waals surface area contributed by atoms with Gasteiger partial charge in [-0.15, -0.1) is 0 Å². The predicted molar refractivity (Wildman–Crippen MR) is 54.8 cm³/mol. The van der Waals surface area contributed by atoms with Crippen LogP contribution in [0.5, 0.6) is 0 Å². The Labute approximate surface area is 86.4 Å². The lowest BCUT2D eigenvalue weighted by atomic mass is 10.5. The molecule has 3 N–H and O–H groups in total. The highest BCUT2D eigenvalue weighted by atomic mass is 15.3. The molecule has 0 spiro atoms. The van der Waals surface area contributed by atoms with Gasteiger partial charge in [0.2, 0.25) is 0 Å². The lowest BCUT2D eigenvalue weighted by Gasteiger charge is -2.02. The minimum atomic E-state index is 0.432. The van der Waals surface area contributed by atoms with E-state index in [1.807, 2.05) is 7.05 Å². The summed E-state index contributed by atoms with van der Waals surface area (Å²) in [5, 5.41) is 7.16. The molecular formula is C8H11N7. The van der Waals surface area contributed by atoms with Crippen LogP contribution >= 0.6 is 0 Å². The zero-order chi connectivity index (χ0) is 10.7. The van der Waals surface area contributed by atoms with E-state index in [1.165, 1.54) is 6.33 Å². The summed E-state index contributed by atoms with van der Waals surface area (Å²) in [5.74, 6) is 1.80. The van der Waals surface area contributed by atoms with E-state index in [1.54, 1.807) is 17.1 Å². The molecule has 7 nitrogen and oxygen atoms in total. The molecule has 2 aromatic heterocycles. The molecular weight excluding hydrogens is 194 g/mol. The molecule has 0 aliphatic heterocycles. The molecule has 0 unspecified atom stereocenters. The Bertz CT molecular complexity index is 450. The highest BCUT2D eigenvalue weighted by Gasteiger charge is 1.99. The predicted octanol–water partition coefficient (Wildman–Crippen LogP) is -0.201. The van der Waals surface area contributed by atoms with Gasteiger partial charge in [0.1, 0.15) is 24.3 Å². The average molecular weight is 205 g/mol. The number of rotatable bonds is 3. The third-order valence-corrected chi connectivity index (χ3v) is 1.76. The molecule has 0 radical (unpaired) electrons. The largest absolute Gasteiger partial charge is 0.384 e. The molecule has 0 bridgehead atoms. The maximum Gasteiger partial charge on any atom is 0.169 e. The number of aromatic nitrogens is 5. The zero-order valence-electron chi connectivity index (χ0n) is 8.25. The summed E-state index contributed by atoms with van der Waals surface area (Å²) in [4.78, 5) is 11.9. The van der Waals surface area contributed by atoms with Gasteiger partial charge in [0.15, 0.2) is 5.82 Å². The minimum Gasteiger partial charge on any atom is -0.384 e. The van der Waals surface area contributed by atoms with Crippen LogP contribution in [0.3, 0.4) is 0 Å². The Morgan fingerprint density at radius 1 is 1.40 bits per heavy atom. The SMILES string of the molecule is Cn1cnc(CNc2cc(N)ncn2)n1. The quantitative estimate of drug-likeness (QED) is 0.720. The fraction of sp³-hybridized carbons (Fsp3) is 0.250. The molecule has 2 heterocycles. The van der Waals surface area contributed by atoms with Crippen molar-refractivity contribution >= 4 is 11.6 Å². The highest BCUT2D eigenvalue weighted by molar-refractivity contribution is 5.43. The van der Waals surface area contributed by atoms with Crippen molar-refractivity contribution in [2.45, 2.75) is 6.54 Å². The van der Waals surface area contributed by atoms with Crippen LogP contribution < -0.4 is 11.1 Å². The average Bonchev–Trinajstić information content (AvgIpc) is 2.62. The molecule has 15 heavy (non-hydrogen) atoms. The van der Waals surface area contributed by atoms with Gasteiger partial charge in [-0.05, 0) is 0 Å². The van der Waals surface area contributed by atoms with Gasteiger partial charge in [0.25, 0.3) is 0 Å². The molecule has 78 valence electrons. The molecule has 0 saturated heterocycles. The summed E-state index contributed by atoms with van der Waals surface area (Å²) >= 11 is 0. The second kappa shape index (κ2) is 3.91. The molecule has 0 fully saturated rings. The van der Waals surface area contributed by atoms with E-state index in [0.717, 1.165) is 0 Å². The van der Waals surface area contributed by atoms with Crippen molar-refractivity contribution < 1.29 is 0 Å². The van der Waals surface area contributed by atoms with Gasteiger partial charge in [0, 0.05) is 13.1 Å². The summed E-state index contributed by atoms with van der Waals surface area (Å²) < 4.78 is 1.64. The van der Waals surface area contributed by atoms with Crippen molar-refractivity contribution in [2.75, 3.05) is 11.1 Å². The van der Waals surface area contributed by atoms with Gasteiger partial charge >= 0.3 is 0 Å². The van der Waals surface area contributed by atoms with Crippen LogP contribution in [0.2, 0.25) is 0 Å². The van der Waals surface area contributed by atoms with Crippen molar-refractivity contribution in [3.05, 3.63) is 24.5 Å². The Hall–Kier alpha value is -2.18. The molecule has 0 saturated carbocycles. The van der Waals surface area contributed by atoms with Crippen LogP contribution in [-0.4, -0.2) is 24.7 Å². The monoisotopic (exact) mass is 205 g/mol. The number of anilines is 2. The number of hydrogen-bond acceptors (Lipinski definition) is 6.